The summed E-state index contributed by atoms with van der Waals surface area (Å²) in [7, 11) is 0. The van der Waals surface area contributed by atoms with Gasteiger partial charge < -0.3 is 44.5 Å². The zero-order valence-corrected chi connectivity index (χ0v) is 27.9. The number of esters is 2. The Bertz CT molecular complexity index is 1530. The average Bonchev–Trinajstić information content (AvgIpc) is 3.56. The van der Waals surface area contributed by atoms with Crippen molar-refractivity contribution in [3.05, 3.63) is 88.7 Å². The summed E-state index contributed by atoms with van der Waals surface area (Å²) >= 11 is 0. The Labute approximate surface area is 285 Å². The second-order valence-corrected chi connectivity index (χ2v) is 12.6. The molecule has 0 spiro atoms. The topological polar surface area (TPSA) is 179 Å². The number of aliphatic hydroxyl groups excluding tert-OH is 2. The maximum absolute atomic E-state index is 13.3. The molecule has 13 heteroatoms. The molecule has 0 bridgehead atoms. The highest BCUT2D eigenvalue weighted by Gasteiger charge is 2.42. The third-order valence-corrected chi connectivity index (χ3v) is 7.55. The summed E-state index contributed by atoms with van der Waals surface area (Å²) in [6.07, 6.45) is 3.18. The van der Waals surface area contributed by atoms with E-state index in [9.17, 15) is 24.3 Å². The Morgan fingerprint density at radius 3 is 2.55 bits per heavy atom. The van der Waals surface area contributed by atoms with Crippen LogP contribution in [0.3, 0.4) is 0 Å². The summed E-state index contributed by atoms with van der Waals surface area (Å²) < 4.78 is 27.6. The van der Waals surface area contributed by atoms with E-state index in [1.807, 2.05) is 0 Å². The monoisotopic (exact) mass is 680 g/mol. The second-order valence-electron chi connectivity index (χ2n) is 12.6. The molecule has 0 radical (unpaired) electrons. The van der Waals surface area contributed by atoms with E-state index in [0.29, 0.717) is 27.8 Å². The lowest BCUT2D eigenvalue weighted by Gasteiger charge is -2.30. The van der Waals surface area contributed by atoms with Gasteiger partial charge in [0.05, 0.1) is 31.1 Å². The Hall–Kier alpha value is -4.56. The number of hydrogen-bond donors (Lipinski definition) is 4. The van der Waals surface area contributed by atoms with Crippen molar-refractivity contribution < 1.29 is 53.1 Å². The molecule has 2 aromatic carbocycles. The van der Waals surface area contributed by atoms with Crippen LogP contribution >= 0.6 is 0 Å². The number of carbonyl (C=O) groups excluding carboxylic acids is 4. The minimum Gasteiger partial charge on any atom is -0.499 e. The van der Waals surface area contributed by atoms with Crippen molar-refractivity contribution in [2.75, 3.05) is 26.6 Å². The summed E-state index contributed by atoms with van der Waals surface area (Å²) in [5.41, 5.74) is 1.72. The summed E-state index contributed by atoms with van der Waals surface area (Å²) in [4.78, 5) is 51.4. The molecule has 1 aliphatic carbocycles. The number of rotatable bonds is 15. The van der Waals surface area contributed by atoms with Gasteiger partial charge in [0.15, 0.2) is 0 Å². The van der Waals surface area contributed by atoms with Crippen LogP contribution in [0.2, 0.25) is 0 Å². The standard InChI is InChI=1S/C36H44N2O11/c1-36(2,3)49-31(41)11-10-28(21-40)38-34(43)25-8-5-7-24(17-25)20-37-33(42)27-18-29-32(47-22-46-29)30(19-27)48-35(44)26-9-4-6-23(16-26)12-14-45-15-13-39/h4-9,12,14,16-18,28-30,32,39-40H,10-11,13,15,19-22H2,1-3H3,(H,37,42)(H,38,43)/t28-,29+,30+,32+/m0/s1. The number of ether oxygens (including phenoxy) is 5. The third-order valence-electron chi connectivity index (χ3n) is 7.55. The van der Waals surface area contributed by atoms with Crippen molar-refractivity contribution in [2.24, 2.45) is 0 Å². The van der Waals surface area contributed by atoms with Crippen LogP contribution in [0.5, 0.6) is 0 Å². The van der Waals surface area contributed by atoms with Crippen molar-refractivity contribution in [3.63, 3.8) is 0 Å². The lowest BCUT2D eigenvalue weighted by molar-refractivity contribution is -0.155. The third kappa shape index (κ3) is 11.5. The molecular weight excluding hydrogens is 636 g/mol. The van der Waals surface area contributed by atoms with Gasteiger partial charge >= 0.3 is 11.9 Å². The van der Waals surface area contributed by atoms with E-state index in [1.54, 1.807) is 81.5 Å². The van der Waals surface area contributed by atoms with Gasteiger partial charge in [-0.2, -0.15) is 0 Å². The highest BCUT2D eigenvalue weighted by atomic mass is 16.7. The normalized spacial score (nSPS) is 19.4. The van der Waals surface area contributed by atoms with E-state index in [2.05, 4.69) is 10.6 Å². The van der Waals surface area contributed by atoms with E-state index in [4.69, 9.17) is 28.8 Å². The van der Waals surface area contributed by atoms with Crippen molar-refractivity contribution in [1.29, 1.82) is 0 Å². The van der Waals surface area contributed by atoms with E-state index in [0.717, 1.165) is 0 Å². The molecule has 13 nitrogen and oxygen atoms in total. The molecule has 1 heterocycles. The number of hydrogen-bond acceptors (Lipinski definition) is 11. The fraction of sp³-hybridized carbons (Fsp3) is 0.444. The molecule has 0 unspecified atom stereocenters. The molecule has 2 aromatic rings. The van der Waals surface area contributed by atoms with Crippen LogP contribution < -0.4 is 10.6 Å². The second kappa shape index (κ2) is 17.7. The van der Waals surface area contributed by atoms with Crippen LogP contribution in [0.4, 0.5) is 0 Å². The minimum atomic E-state index is -0.778. The summed E-state index contributed by atoms with van der Waals surface area (Å²) in [5, 5.41) is 24.2. The Morgan fingerprint density at radius 2 is 1.80 bits per heavy atom. The van der Waals surface area contributed by atoms with Gasteiger partial charge in [0.25, 0.3) is 5.91 Å². The van der Waals surface area contributed by atoms with E-state index in [1.165, 1.54) is 6.26 Å². The first kappa shape index (κ1) is 37.3. The SMILES string of the molecule is CC(C)(C)OC(=O)CC[C@@H](CO)NC(=O)c1cccc(CNC(=O)C2=C[C@H]3OCO[C@H]3[C@H](OC(=O)c3cccc(C=COCCO)c3)C2)c1. The van der Waals surface area contributed by atoms with E-state index >= 15 is 0 Å². The molecule has 1 saturated heterocycles. The number of benzene rings is 2. The molecule has 4 N–H and O–H groups in total. The molecule has 2 amide bonds. The van der Waals surface area contributed by atoms with E-state index in [-0.39, 0.29) is 58.3 Å². The van der Waals surface area contributed by atoms with Crippen LogP contribution in [0.1, 0.15) is 71.9 Å². The van der Waals surface area contributed by atoms with Gasteiger partial charge in [-0.3, -0.25) is 14.4 Å². The van der Waals surface area contributed by atoms with Gasteiger partial charge in [-0.15, -0.1) is 0 Å². The fourth-order valence-electron chi connectivity index (χ4n) is 5.23. The zero-order valence-electron chi connectivity index (χ0n) is 27.9. The summed E-state index contributed by atoms with van der Waals surface area (Å²) in [6.45, 7) is 5.10. The van der Waals surface area contributed by atoms with Gasteiger partial charge in [-0.05, 0) is 74.7 Å². The minimum absolute atomic E-state index is 0.00407. The van der Waals surface area contributed by atoms with Crippen molar-refractivity contribution in [1.82, 2.24) is 10.6 Å². The average molecular weight is 681 g/mol. The number of fused-ring (bicyclic) bond motifs is 1. The van der Waals surface area contributed by atoms with Crippen LogP contribution in [0.15, 0.2) is 66.4 Å². The first-order valence-electron chi connectivity index (χ1n) is 16.1. The lowest BCUT2D eigenvalue weighted by Crippen LogP contribution is -2.43. The van der Waals surface area contributed by atoms with Crippen molar-refractivity contribution in [2.45, 2.75) is 76.5 Å². The van der Waals surface area contributed by atoms with Crippen LogP contribution in [0, 0.1) is 0 Å². The molecule has 2 aliphatic rings. The zero-order chi connectivity index (χ0) is 35.4. The molecule has 1 aliphatic heterocycles. The summed E-state index contributed by atoms with van der Waals surface area (Å²) in [5.74, 6) is -1.83. The number of carbonyl (C=O) groups is 4. The van der Waals surface area contributed by atoms with Crippen LogP contribution in [-0.4, -0.2) is 90.5 Å². The molecule has 49 heavy (non-hydrogen) atoms. The maximum Gasteiger partial charge on any atom is 0.338 e. The van der Waals surface area contributed by atoms with Gasteiger partial charge in [-0.1, -0.05) is 24.3 Å². The predicted molar refractivity (Wildman–Crippen MR) is 177 cm³/mol. The quantitative estimate of drug-likeness (QED) is 0.124. The first-order chi connectivity index (χ1) is 23.5. The highest BCUT2D eigenvalue weighted by molar-refractivity contribution is 5.95. The van der Waals surface area contributed by atoms with Gasteiger partial charge in [0.1, 0.15) is 37.3 Å². The Kier molecular flexibility index (Phi) is 13.5. The smallest absolute Gasteiger partial charge is 0.338 e. The number of aliphatic hydroxyl groups is 2. The van der Waals surface area contributed by atoms with Gasteiger partial charge in [0, 0.05) is 30.5 Å². The molecular formula is C36H44N2O11. The highest BCUT2D eigenvalue weighted by Crippen LogP contribution is 2.31. The van der Waals surface area contributed by atoms with Crippen molar-refractivity contribution in [3.8, 4) is 0 Å². The maximum atomic E-state index is 13.3. The predicted octanol–water partition coefficient (Wildman–Crippen LogP) is 2.79. The lowest BCUT2D eigenvalue weighted by atomic mass is 9.91. The first-order valence-corrected chi connectivity index (χ1v) is 16.1. The molecule has 0 aromatic heterocycles. The Balaban J connectivity index is 1.33. The van der Waals surface area contributed by atoms with Crippen molar-refractivity contribution >= 4 is 29.8 Å². The fourth-order valence-corrected chi connectivity index (χ4v) is 5.23. The number of nitrogens with one attached hydrogen (secondary N) is 2. The number of amides is 2. The van der Waals surface area contributed by atoms with Gasteiger partial charge in [0.2, 0.25) is 5.91 Å². The summed E-state index contributed by atoms with van der Waals surface area (Å²) in [6, 6.07) is 12.8. The molecule has 0 saturated carbocycles. The molecule has 1 fully saturated rings. The van der Waals surface area contributed by atoms with Crippen LogP contribution in [0.25, 0.3) is 6.08 Å². The molecule has 4 atom stereocenters. The molecule has 264 valence electrons. The van der Waals surface area contributed by atoms with E-state index < -0.39 is 47.8 Å². The van der Waals surface area contributed by atoms with Gasteiger partial charge in [-0.25, -0.2) is 4.79 Å². The van der Waals surface area contributed by atoms with Crippen LogP contribution in [-0.2, 0) is 39.8 Å². The molecule has 4 rings (SSSR count). The Morgan fingerprint density at radius 1 is 1.02 bits per heavy atom. The largest absolute Gasteiger partial charge is 0.499 e.